The van der Waals surface area contributed by atoms with Crippen molar-refractivity contribution in [1.82, 2.24) is 4.98 Å². The monoisotopic (exact) mass is 262 g/mol. The zero-order valence-corrected chi connectivity index (χ0v) is 12.5. The van der Waals surface area contributed by atoms with Crippen molar-refractivity contribution in [3.05, 3.63) is 23.8 Å². The molecule has 1 aromatic carbocycles. The van der Waals surface area contributed by atoms with Crippen LogP contribution in [0.1, 0.15) is 39.2 Å². The maximum atomic E-state index is 4.69. The lowest BCUT2D eigenvalue weighted by molar-refractivity contribution is 0.484. The van der Waals surface area contributed by atoms with Crippen molar-refractivity contribution >= 4 is 26.7 Å². The maximum absolute atomic E-state index is 4.69. The molecule has 1 heterocycles. The van der Waals surface area contributed by atoms with E-state index in [1.165, 1.54) is 23.1 Å². The van der Waals surface area contributed by atoms with Crippen molar-refractivity contribution < 1.29 is 0 Å². The quantitative estimate of drug-likeness (QED) is 0.834. The number of hydrogen-bond acceptors (Lipinski definition) is 3. The van der Waals surface area contributed by atoms with Gasteiger partial charge in [0.15, 0.2) is 5.13 Å². The molecular formula is C15H22N2S. The Morgan fingerprint density at radius 1 is 1.33 bits per heavy atom. The number of hydrogen-bond donors (Lipinski definition) is 1. The highest BCUT2D eigenvalue weighted by atomic mass is 32.1. The third-order valence-electron chi connectivity index (χ3n) is 3.44. The van der Waals surface area contributed by atoms with Crippen molar-refractivity contribution in [3.63, 3.8) is 0 Å². The van der Waals surface area contributed by atoms with E-state index in [1.807, 2.05) is 0 Å². The molecule has 1 N–H and O–H groups in total. The number of fused-ring (bicyclic) bond motifs is 1. The number of nitrogens with one attached hydrogen (secondary N) is 1. The first-order valence-electron chi connectivity index (χ1n) is 6.72. The molecular weight excluding hydrogens is 240 g/mol. The van der Waals surface area contributed by atoms with Gasteiger partial charge in [0.1, 0.15) is 0 Å². The van der Waals surface area contributed by atoms with Crippen molar-refractivity contribution in [3.8, 4) is 0 Å². The summed E-state index contributed by atoms with van der Waals surface area (Å²) in [7, 11) is 0. The van der Waals surface area contributed by atoms with Gasteiger partial charge in [-0.2, -0.15) is 0 Å². The second-order valence-electron chi connectivity index (χ2n) is 5.24. The van der Waals surface area contributed by atoms with Crippen LogP contribution < -0.4 is 5.32 Å². The van der Waals surface area contributed by atoms with E-state index in [1.54, 1.807) is 11.3 Å². The summed E-state index contributed by atoms with van der Waals surface area (Å²) in [6.45, 7) is 8.92. The molecule has 0 aliphatic carbocycles. The Morgan fingerprint density at radius 2 is 2.11 bits per heavy atom. The summed E-state index contributed by atoms with van der Waals surface area (Å²) in [4.78, 5) is 4.69. The largest absolute Gasteiger partial charge is 0.359 e. The van der Waals surface area contributed by atoms with E-state index in [9.17, 15) is 0 Å². The van der Waals surface area contributed by atoms with Crippen LogP contribution in [0.5, 0.6) is 0 Å². The van der Waals surface area contributed by atoms with Gasteiger partial charge in [-0.3, -0.25) is 0 Å². The fourth-order valence-electron chi connectivity index (χ4n) is 2.19. The minimum Gasteiger partial charge on any atom is -0.359 e. The molecule has 2 rings (SSSR count). The first kappa shape index (κ1) is 13.3. The summed E-state index contributed by atoms with van der Waals surface area (Å²) < 4.78 is 1.27. The predicted molar refractivity (Wildman–Crippen MR) is 81.5 cm³/mol. The van der Waals surface area contributed by atoms with E-state index < -0.39 is 0 Å². The highest BCUT2D eigenvalue weighted by Gasteiger charge is 2.10. The number of benzene rings is 1. The molecule has 98 valence electrons. The van der Waals surface area contributed by atoms with Crippen LogP contribution in [0.25, 0.3) is 10.2 Å². The third kappa shape index (κ3) is 3.02. The summed E-state index contributed by atoms with van der Waals surface area (Å²) in [5.41, 5.74) is 2.40. The third-order valence-corrected chi connectivity index (χ3v) is 4.40. The van der Waals surface area contributed by atoms with Crippen LogP contribution in [0.15, 0.2) is 18.2 Å². The molecule has 0 saturated heterocycles. The van der Waals surface area contributed by atoms with Crippen LogP contribution >= 0.6 is 11.3 Å². The van der Waals surface area contributed by atoms with Gasteiger partial charge < -0.3 is 5.32 Å². The highest BCUT2D eigenvalue weighted by molar-refractivity contribution is 7.22. The number of aryl methyl sites for hydroxylation is 1. The zero-order valence-electron chi connectivity index (χ0n) is 11.7. The predicted octanol–water partition coefficient (Wildman–Crippen LogP) is 4.84. The summed E-state index contributed by atoms with van der Waals surface area (Å²) in [6.07, 6.45) is 2.44. The molecule has 0 spiro atoms. The minimum atomic E-state index is 0.487. The van der Waals surface area contributed by atoms with Crippen molar-refractivity contribution in [2.24, 2.45) is 5.92 Å². The molecule has 2 nitrogen and oxygen atoms in total. The fraction of sp³-hybridized carbons (Fsp3) is 0.533. The van der Waals surface area contributed by atoms with E-state index >= 15 is 0 Å². The second kappa shape index (κ2) is 5.70. The summed E-state index contributed by atoms with van der Waals surface area (Å²) in [5.74, 6) is 0.767. The Bertz CT molecular complexity index is 518. The molecule has 2 aromatic rings. The molecule has 3 heteroatoms. The Kier molecular flexibility index (Phi) is 4.23. The number of nitrogens with zero attached hydrogens (tertiary/aromatic N) is 1. The molecule has 0 fully saturated rings. The minimum absolute atomic E-state index is 0.487. The van der Waals surface area contributed by atoms with Crippen LogP contribution in [0.4, 0.5) is 5.13 Å². The lowest BCUT2D eigenvalue weighted by atomic mass is 10.0. The molecule has 0 amide bonds. The van der Waals surface area contributed by atoms with E-state index in [0.717, 1.165) is 16.6 Å². The van der Waals surface area contributed by atoms with Crippen molar-refractivity contribution in [2.45, 2.75) is 46.6 Å². The van der Waals surface area contributed by atoms with Crippen LogP contribution in [0.3, 0.4) is 0 Å². The Hall–Kier alpha value is -1.09. The van der Waals surface area contributed by atoms with Crippen molar-refractivity contribution in [2.75, 3.05) is 5.32 Å². The molecule has 18 heavy (non-hydrogen) atoms. The lowest BCUT2D eigenvalue weighted by Gasteiger charge is -2.16. The van der Waals surface area contributed by atoms with Gasteiger partial charge in [-0.1, -0.05) is 43.7 Å². The van der Waals surface area contributed by atoms with Gasteiger partial charge in [0.2, 0.25) is 0 Å². The van der Waals surface area contributed by atoms with E-state index in [0.29, 0.717) is 6.04 Å². The van der Waals surface area contributed by atoms with Gasteiger partial charge in [0.25, 0.3) is 0 Å². The average molecular weight is 262 g/mol. The standard InChI is InChI=1S/C15H22N2S/c1-5-10(2)9-12(4)16-15-17-14-11(3)7-6-8-13(14)18-15/h6-8,10,12H,5,9H2,1-4H3,(H,16,17). The summed E-state index contributed by atoms with van der Waals surface area (Å²) in [6, 6.07) is 6.85. The molecule has 0 bridgehead atoms. The Labute approximate surface area is 113 Å². The number of para-hydroxylation sites is 1. The van der Waals surface area contributed by atoms with Gasteiger partial charge in [-0.05, 0) is 37.8 Å². The first-order chi connectivity index (χ1) is 8.60. The molecule has 2 atom stereocenters. The molecule has 1 aromatic heterocycles. The first-order valence-corrected chi connectivity index (χ1v) is 7.54. The van der Waals surface area contributed by atoms with Crippen LogP contribution in [0.2, 0.25) is 0 Å². The highest BCUT2D eigenvalue weighted by Crippen LogP contribution is 2.28. The van der Waals surface area contributed by atoms with E-state index in [4.69, 9.17) is 4.98 Å². The van der Waals surface area contributed by atoms with Gasteiger partial charge in [-0.25, -0.2) is 4.98 Å². The number of anilines is 1. The van der Waals surface area contributed by atoms with Crippen LogP contribution in [-0.2, 0) is 0 Å². The van der Waals surface area contributed by atoms with Gasteiger partial charge in [0, 0.05) is 6.04 Å². The fourth-order valence-corrected chi connectivity index (χ4v) is 3.24. The normalized spacial score (nSPS) is 14.7. The second-order valence-corrected chi connectivity index (χ2v) is 6.27. The van der Waals surface area contributed by atoms with Gasteiger partial charge in [0.05, 0.1) is 10.2 Å². The maximum Gasteiger partial charge on any atom is 0.184 e. The van der Waals surface area contributed by atoms with E-state index in [-0.39, 0.29) is 0 Å². The lowest BCUT2D eigenvalue weighted by Crippen LogP contribution is -2.17. The zero-order chi connectivity index (χ0) is 13.1. The number of rotatable bonds is 5. The number of aromatic nitrogens is 1. The molecule has 0 aliphatic rings. The van der Waals surface area contributed by atoms with Crippen LogP contribution in [-0.4, -0.2) is 11.0 Å². The average Bonchev–Trinajstić information content (AvgIpc) is 2.72. The van der Waals surface area contributed by atoms with E-state index in [2.05, 4.69) is 51.2 Å². The summed E-state index contributed by atoms with van der Waals surface area (Å²) in [5, 5.41) is 4.58. The SMILES string of the molecule is CCC(C)CC(C)Nc1nc2c(C)cccc2s1. The van der Waals surface area contributed by atoms with Crippen molar-refractivity contribution in [1.29, 1.82) is 0 Å². The summed E-state index contributed by atoms with van der Waals surface area (Å²) >= 11 is 1.75. The van der Waals surface area contributed by atoms with Gasteiger partial charge in [-0.15, -0.1) is 0 Å². The van der Waals surface area contributed by atoms with Gasteiger partial charge >= 0.3 is 0 Å². The smallest absolute Gasteiger partial charge is 0.184 e. The molecule has 0 aliphatic heterocycles. The molecule has 2 unspecified atom stereocenters. The number of thiazole rings is 1. The molecule has 0 radical (unpaired) electrons. The Morgan fingerprint density at radius 3 is 2.78 bits per heavy atom. The molecule has 0 saturated carbocycles. The topological polar surface area (TPSA) is 24.9 Å². The Balaban J connectivity index is 2.10. The van der Waals surface area contributed by atoms with Crippen LogP contribution in [0, 0.1) is 12.8 Å².